The summed E-state index contributed by atoms with van der Waals surface area (Å²) in [7, 11) is 1.63. The Morgan fingerprint density at radius 1 is 1.23 bits per heavy atom. The molecule has 0 atom stereocenters. The fourth-order valence-corrected chi connectivity index (χ4v) is 1.97. The summed E-state index contributed by atoms with van der Waals surface area (Å²) in [6.07, 6.45) is 0. The zero-order valence-corrected chi connectivity index (χ0v) is 13.2. The Morgan fingerprint density at radius 2 is 2.00 bits per heavy atom. The van der Waals surface area contributed by atoms with Crippen molar-refractivity contribution in [1.82, 2.24) is 15.6 Å². The predicted molar refractivity (Wildman–Crippen MR) is 88.9 cm³/mol. The smallest absolute Gasteiger partial charge is 0.261 e. The average molecular weight is 326 g/mol. The summed E-state index contributed by atoms with van der Waals surface area (Å²) in [5.74, 6) is -0.365. The minimum Gasteiger partial charge on any atom is -0.383 e. The Labute approximate surface area is 134 Å². The fraction of sp³-hybridized carbons (Fsp3) is 0.333. The Bertz CT molecular complexity index is 672. The van der Waals surface area contributed by atoms with Crippen molar-refractivity contribution in [3.05, 3.63) is 46.2 Å². The normalized spacial score (nSPS) is 10.2. The second-order valence-corrected chi connectivity index (χ2v) is 4.60. The second-order valence-electron chi connectivity index (χ2n) is 4.60. The van der Waals surface area contributed by atoms with Crippen molar-refractivity contribution in [2.24, 2.45) is 0 Å². The highest BCUT2D eigenvalue weighted by molar-refractivity contribution is 5.97. The van der Waals surface area contributed by atoms with Gasteiger partial charge in [0.05, 0.1) is 6.61 Å². The molecule has 0 spiro atoms. The lowest BCUT2D eigenvalue weighted by molar-refractivity contribution is 0.0952. The lowest BCUT2D eigenvalue weighted by Crippen LogP contribution is -2.35. The number of para-hydroxylation sites is 1. The molecule has 120 valence electrons. The SMILES string of the molecule is COCCNCCNC(=O)c1cc2ccccc2[nH]c1=O.Cl. The Balaban J connectivity index is 0.00000242. The number of rotatable bonds is 7. The van der Waals surface area contributed by atoms with Crippen LogP contribution in [0.25, 0.3) is 10.9 Å². The number of amides is 1. The van der Waals surface area contributed by atoms with E-state index in [4.69, 9.17) is 4.74 Å². The van der Waals surface area contributed by atoms with Crippen LogP contribution in [-0.2, 0) is 4.74 Å². The number of ether oxygens (including phenoxy) is 1. The maximum absolute atomic E-state index is 12.0. The maximum atomic E-state index is 12.0. The van der Waals surface area contributed by atoms with Crippen LogP contribution in [0.15, 0.2) is 35.1 Å². The number of methoxy groups -OCH3 is 1. The van der Waals surface area contributed by atoms with E-state index in [-0.39, 0.29) is 29.4 Å². The number of hydrogen-bond donors (Lipinski definition) is 3. The van der Waals surface area contributed by atoms with Crippen molar-refractivity contribution in [1.29, 1.82) is 0 Å². The van der Waals surface area contributed by atoms with Gasteiger partial charge in [0.2, 0.25) is 0 Å². The van der Waals surface area contributed by atoms with Gasteiger partial charge in [-0.2, -0.15) is 0 Å². The monoisotopic (exact) mass is 325 g/mol. The number of pyridine rings is 1. The molecule has 6 nitrogen and oxygen atoms in total. The molecule has 1 aromatic carbocycles. The number of hydrogen-bond acceptors (Lipinski definition) is 4. The Hall–Kier alpha value is -1.89. The number of benzene rings is 1. The Kier molecular flexibility index (Phi) is 7.59. The largest absolute Gasteiger partial charge is 0.383 e. The highest BCUT2D eigenvalue weighted by Gasteiger charge is 2.10. The van der Waals surface area contributed by atoms with Crippen molar-refractivity contribution in [2.75, 3.05) is 33.4 Å². The Morgan fingerprint density at radius 3 is 2.77 bits per heavy atom. The summed E-state index contributed by atoms with van der Waals surface area (Å²) < 4.78 is 4.90. The molecule has 0 radical (unpaired) electrons. The van der Waals surface area contributed by atoms with Gasteiger partial charge >= 0.3 is 0 Å². The van der Waals surface area contributed by atoms with Crippen molar-refractivity contribution in [3.63, 3.8) is 0 Å². The van der Waals surface area contributed by atoms with E-state index in [0.29, 0.717) is 19.7 Å². The van der Waals surface area contributed by atoms with Gasteiger partial charge in [-0.25, -0.2) is 0 Å². The first-order chi connectivity index (χ1) is 10.2. The summed E-state index contributed by atoms with van der Waals surface area (Å²) in [4.78, 5) is 26.6. The minimum absolute atomic E-state index is 0. The number of aromatic amines is 1. The number of H-pyrrole nitrogens is 1. The third-order valence-corrected chi connectivity index (χ3v) is 3.07. The molecule has 3 N–H and O–H groups in total. The van der Waals surface area contributed by atoms with Crippen molar-refractivity contribution in [3.8, 4) is 0 Å². The topological polar surface area (TPSA) is 83.2 Å². The summed E-state index contributed by atoms with van der Waals surface area (Å²) in [5, 5.41) is 6.66. The molecule has 0 fully saturated rings. The van der Waals surface area contributed by atoms with Gasteiger partial charge in [-0.1, -0.05) is 18.2 Å². The molecule has 1 amide bonds. The van der Waals surface area contributed by atoms with Crippen molar-refractivity contribution < 1.29 is 9.53 Å². The van der Waals surface area contributed by atoms with E-state index in [1.807, 2.05) is 18.2 Å². The molecule has 1 heterocycles. The molecule has 2 aromatic rings. The molecule has 0 aliphatic heterocycles. The molecule has 0 bridgehead atoms. The van der Waals surface area contributed by atoms with Gasteiger partial charge in [0, 0.05) is 32.3 Å². The lowest BCUT2D eigenvalue weighted by Gasteiger charge is -2.07. The lowest BCUT2D eigenvalue weighted by atomic mass is 10.1. The van der Waals surface area contributed by atoms with Crippen LogP contribution in [0.2, 0.25) is 0 Å². The zero-order valence-electron chi connectivity index (χ0n) is 12.3. The van der Waals surface area contributed by atoms with Crippen molar-refractivity contribution >= 4 is 29.2 Å². The van der Waals surface area contributed by atoms with Gasteiger partial charge in [-0.15, -0.1) is 12.4 Å². The van der Waals surface area contributed by atoms with Gasteiger partial charge in [-0.3, -0.25) is 9.59 Å². The molecular weight excluding hydrogens is 306 g/mol. The molecule has 22 heavy (non-hydrogen) atoms. The van der Waals surface area contributed by atoms with Crippen LogP contribution >= 0.6 is 12.4 Å². The van der Waals surface area contributed by atoms with Gasteiger partial charge in [0.25, 0.3) is 11.5 Å². The second kappa shape index (κ2) is 9.19. The summed E-state index contributed by atoms with van der Waals surface area (Å²) in [6.45, 7) is 2.43. The fourth-order valence-electron chi connectivity index (χ4n) is 1.97. The van der Waals surface area contributed by atoms with E-state index in [2.05, 4.69) is 15.6 Å². The molecule has 0 aliphatic carbocycles. The summed E-state index contributed by atoms with van der Waals surface area (Å²) >= 11 is 0. The molecule has 0 unspecified atom stereocenters. The van der Waals surface area contributed by atoms with Crippen LogP contribution in [0.3, 0.4) is 0 Å². The van der Waals surface area contributed by atoms with E-state index in [1.165, 1.54) is 0 Å². The minimum atomic E-state index is -0.376. The van der Waals surface area contributed by atoms with Crippen LogP contribution in [-0.4, -0.2) is 44.2 Å². The van der Waals surface area contributed by atoms with Crippen molar-refractivity contribution in [2.45, 2.75) is 0 Å². The van der Waals surface area contributed by atoms with Gasteiger partial charge in [-0.05, 0) is 17.5 Å². The third kappa shape index (κ3) is 4.84. The molecule has 0 saturated heterocycles. The van der Waals surface area contributed by atoms with Crippen LogP contribution in [0.4, 0.5) is 0 Å². The number of aromatic nitrogens is 1. The van der Waals surface area contributed by atoms with Crippen LogP contribution in [0.5, 0.6) is 0 Å². The molecule has 2 rings (SSSR count). The molecular formula is C15H20ClN3O3. The first-order valence-corrected chi connectivity index (χ1v) is 6.82. The quantitative estimate of drug-likeness (QED) is 0.661. The summed E-state index contributed by atoms with van der Waals surface area (Å²) in [6, 6.07) is 8.97. The van der Waals surface area contributed by atoms with Crippen LogP contribution in [0, 0.1) is 0 Å². The highest BCUT2D eigenvalue weighted by atomic mass is 35.5. The number of carbonyl (C=O) groups excluding carboxylic acids is 1. The van der Waals surface area contributed by atoms with Gasteiger partial charge < -0.3 is 20.4 Å². The zero-order chi connectivity index (χ0) is 15.1. The standard InChI is InChI=1S/C15H19N3O3.ClH/c1-21-9-8-16-6-7-17-14(19)12-10-11-4-2-3-5-13(11)18-15(12)20;/h2-5,10,16H,6-9H2,1H3,(H,17,19)(H,18,20);1H. The van der Waals surface area contributed by atoms with E-state index < -0.39 is 0 Å². The van der Waals surface area contributed by atoms with Gasteiger partial charge in [0.1, 0.15) is 5.56 Å². The predicted octanol–water partition coefficient (Wildman–Crippen LogP) is 0.916. The van der Waals surface area contributed by atoms with E-state index in [1.54, 1.807) is 19.2 Å². The highest BCUT2D eigenvalue weighted by Crippen LogP contribution is 2.09. The number of fused-ring (bicyclic) bond motifs is 1. The van der Waals surface area contributed by atoms with E-state index >= 15 is 0 Å². The average Bonchev–Trinajstić information content (AvgIpc) is 2.49. The van der Waals surface area contributed by atoms with Crippen LogP contribution in [0.1, 0.15) is 10.4 Å². The maximum Gasteiger partial charge on any atom is 0.261 e. The molecule has 7 heteroatoms. The number of nitrogens with one attached hydrogen (secondary N) is 3. The first-order valence-electron chi connectivity index (χ1n) is 6.82. The third-order valence-electron chi connectivity index (χ3n) is 3.07. The van der Waals surface area contributed by atoms with E-state index in [9.17, 15) is 9.59 Å². The number of carbonyl (C=O) groups is 1. The van der Waals surface area contributed by atoms with E-state index in [0.717, 1.165) is 17.4 Å². The van der Waals surface area contributed by atoms with Crippen LogP contribution < -0.4 is 16.2 Å². The number of halogens is 1. The molecule has 0 saturated carbocycles. The van der Waals surface area contributed by atoms with Gasteiger partial charge in [0.15, 0.2) is 0 Å². The first kappa shape index (κ1) is 18.2. The molecule has 1 aromatic heterocycles. The summed E-state index contributed by atoms with van der Waals surface area (Å²) in [5.41, 5.74) is 0.476. The molecule has 0 aliphatic rings.